The Labute approximate surface area is 143 Å². The molecule has 0 radical (unpaired) electrons. The van der Waals surface area contributed by atoms with Gasteiger partial charge in [-0.2, -0.15) is 0 Å². The highest BCUT2D eigenvalue weighted by Crippen LogP contribution is 2.23. The number of carbonyl (C=O) groups is 1. The van der Waals surface area contributed by atoms with Crippen LogP contribution in [0.15, 0.2) is 29.2 Å². The molecule has 1 aliphatic heterocycles. The maximum Gasteiger partial charge on any atom is 0.226 e. The molecular weight excluding hydrogens is 311 g/mol. The standard InChI is InChI=1S/C18H27FN2OS/c1-3-12-21(16-8-10-20-11-9-16)18(22)14(2)13-23-17-6-4-15(19)5-7-17/h4-7,14,16,20H,3,8-13H2,1-2H3. The van der Waals surface area contributed by atoms with Crippen LogP contribution >= 0.6 is 11.8 Å². The lowest BCUT2D eigenvalue weighted by atomic mass is 10.0. The zero-order valence-electron chi connectivity index (χ0n) is 14.1. The van der Waals surface area contributed by atoms with Crippen LogP contribution in [-0.4, -0.2) is 42.2 Å². The molecule has 5 heteroatoms. The Morgan fingerprint density at radius 2 is 2.00 bits per heavy atom. The van der Waals surface area contributed by atoms with Crippen molar-refractivity contribution in [3.05, 3.63) is 30.1 Å². The molecule has 0 aliphatic carbocycles. The van der Waals surface area contributed by atoms with Gasteiger partial charge in [-0.1, -0.05) is 13.8 Å². The molecule has 0 saturated carbocycles. The number of hydrogen-bond acceptors (Lipinski definition) is 3. The number of amides is 1. The summed E-state index contributed by atoms with van der Waals surface area (Å²) in [5.41, 5.74) is 0. The van der Waals surface area contributed by atoms with Crippen LogP contribution in [0.4, 0.5) is 4.39 Å². The summed E-state index contributed by atoms with van der Waals surface area (Å²) in [6, 6.07) is 6.85. The Hall–Kier alpha value is -1.07. The van der Waals surface area contributed by atoms with Gasteiger partial charge in [0.05, 0.1) is 0 Å². The number of halogens is 1. The van der Waals surface area contributed by atoms with Crippen LogP contribution in [-0.2, 0) is 4.79 Å². The molecule has 3 nitrogen and oxygen atoms in total. The summed E-state index contributed by atoms with van der Waals surface area (Å²) in [5.74, 6) is 0.744. The Kier molecular flexibility index (Phi) is 7.37. The minimum Gasteiger partial charge on any atom is -0.339 e. The predicted octanol–water partition coefficient (Wildman–Crippen LogP) is 3.54. The van der Waals surface area contributed by atoms with E-state index in [-0.39, 0.29) is 17.6 Å². The fourth-order valence-corrected chi connectivity index (χ4v) is 3.85. The number of benzene rings is 1. The molecular formula is C18H27FN2OS. The molecule has 1 aromatic carbocycles. The highest BCUT2D eigenvalue weighted by molar-refractivity contribution is 7.99. The van der Waals surface area contributed by atoms with E-state index in [2.05, 4.69) is 17.1 Å². The highest BCUT2D eigenvalue weighted by atomic mass is 32.2. The number of piperidine rings is 1. The third-order valence-corrected chi connectivity index (χ3v) is 5.50. The van der Waals surface area contributed by atoms with Crippen molar-refractivity contribution in [3.63, 3.8) is 0 Å². The summed E-state index contributed by atoms with van der Waals surface area (Å²) in [6.45, 7) is 6.96. The molecule has 1 atom stereocenters. The first kappa shape index (κ1) is 18.3. The monoisotopic (exact) mass is 338 g/mol. The Morgan fingerprint density at radius 1 is 1.35 bits per heavy atom. The van der Waals surface area contributed by atoms with Crippen molar-refractivity contribution in [2.24, 2.45) is 5.92 Å². The molecule has 1 amide bonds. The molecule has 23 heavy (non-hydrogen) atoms. The second kappa shape index (κ2) is 9.28. The van der Waals surface area contributed by atoms with Crippen LogP contribution in [0.3, 0.4) is 0 Å². The van der Waals surface area contributed by atoms with Gasteiger partial charge in [0.15, 0.2) is 0 Å². The molecule has 1 aliphatic rings. The minimum absolute atomic E-state index is 0.0218. The summed E-state index contributed by atoms with van der Waals surface area (Å²) >= 11 is 1.62. The van der Waals surface area contributed by atoms with Crippen molar-refractivity contribution in [2.75, 3.05) is 25.4 Å². The summed E-state index contributed by atoms with van der Waals surface area (Å²) in [6.07, 6.45) is 3.08. The largest absolute Gasteiger partial charge is 0.339 e. The first-order valence-corrected chi connectivity index (χ1v) is 9.50. The highest BCUT2D eigenvalue weighted by Gasteiger charge is 2.27. The van der Waals surface area contributed by atoms with E-state index in [1.807, 2.05) is 6.92 Å². The molecule has 128 valence electrons. The van der Waals surface area contributed by atoms with E-state index in [1.165, 1.54) is 12.1 Å². The van der Waals surface area contributed by atoms with Gasteiger partial charge in [0.25, 0.3) is 0 Å². The average molecular weight is 338 g/mol. The quantitative estimate of drug-likeness (QED) is 0.772. The van der Waals surface area contributed by atoms with Gasteiger partial charge >= 0.3 is 0 Å². The maximum absolute atomic E-state index is 12.9. The summed E-state index contributed by atoms with van der Waals surface area (Å²) in [4.78, 5) is 15.9. The van der Waals surface area contributed by atoms with Crippen molar-refractivity contribution in [1.29, 1.82) is 0 Å². The second-order valence-corrected chi connectivity index (χ2v) is 7.27. The number of carbonyl (C=O) groups excluding carboxylic acids is 1. The van der Waals surface area contributed by atoms with Crippen molar-refractivity contribution in [1.82, 2.24) is 10.2 Å². The summed E-state index contributed by atoms with van der Waals surface area (Å²) in [7, 11) is 0. The molecule has 1 fully saturated rings. The van der Waals surface area contributed by atoms with Crippen molar-refractivity contribution in [3.8, 4) is 0 Å². The van der Waals surface area contributed by atoms with Gasteiger partial charge in [-0.05, 0) is 56.6 Å². The molecule has 1 unspecified atom stereocenters. The van der Waals surface area contributed by atoms with Crippen LogP contribution < -0.4 is 5.32 Å². The average Bonchev–Trinajstić information content (AvgIpc) is 2.59. The zero-order chi connectivity index (χ0) is 16.7. The van der Waals surface area contributed by atoms with Crippen LogP contribution in [0.2, 0.25) is 0 Å². The van der Waals surface area contributed by atoms with E-state index in [0.717, 1.165) is 49.5 Å². The van der Waals surface area contributed by atoms with Crippen LogP contribution in [0.25, 0.3) is 0 Å². The third-order valence-electron chi connectivity index (χ3n) is 4.23. The van der Waals surface area contributed by atoms with Gasteiger partial charge in [0.1, 0.15) is 5.82 Å². The van der Waals surface area contributed by atoms with E-state index in [4.69, 9.17) is 0 Å². The molecule has 1 aromatic rings. The molecule has 1 N–H and O–H groups in total. The fourth-order valence-electron chi connectivity index (χ4n) is 2.94. The van der Waals surface area contributed by atoms with E-state index in [0.29, 0.717) is 6.04 Å². The number of nitrogens with one attached hydrogen (secondary N) is 1. The lowest BCUT2D eigenvalue weighted by Crippen LogP contribution is -2.48. The molecule has 1 heterocycles. The van der Waals surface area contributed by atoms with E-state index >= 15 is 0 Å². The summed E-state index contributed by atoms with van der Waals surface area (Å²) in [5, 5.41) is 3.36. The van der Waals surface area contributed by atoms with Crippen LogP contribution in [0.5, 0.6) is 0 Å². The smallest absolute Gasteiger partial charge is 0.226 e. The molecule has 0 bridgehead atoms. The fraction of sp³-hybridized carbons (Fsp3) is 0.611. The number of nitrogens with zero attached hydrogens (tertiary/aromatic N) is 1. The topological polar surface area (TPSA) is 32.3 Å². The lowest BCUT2D eigenvalue weighted by Gasteiger charge is -2.36. The van der Waals surface area contributed by atoms with Crippen LogP contribution in [0, 0.1) is 11.7 Å². The predicted molar refractivity (Wildman–Crippen MR) is 94.2 cm³/mol. The minimum atomic E-state index is -0.224. The second-order valence-electron chi connectivity index (χ2n) is 6.18. The number of rotatable bonds is 7. The van der Waals surface area contributed by atoms with Gasteiger partial charge in [-0.3, -0.25) is 4.79 Å². The van der Waals surface area contributed by atoms with Gasteiger partial charge in [-0.25, -0.2) is 4.39 Å². The lowest BCUT2D eigenvalue weighted by molar-refractivity contribution is -0.137. The van der Waals surface area contributed by atoms with Crippen molar-refractivity contribution < 1.29 is 9.18 Å². The number of thioether (sulfide) groups is 1. The molecule has 0 spiro atoms. The Morgan fingerprint density at radius 3 is 2.61 bits per heavy atom. The van der Waals surface area contributed by atoms with Gasteiger partial charge in [-0.15, -0.1) is 11.8 Å². The molecule has 0 aromatic heterocycles. The van der Waals surface area contributed by atoms with Gasteiger partial charge < -0.3 is 10.2 Å². The van der Waals surface area contributed by atoms with E-state index in [9.17, 15) is 9.18 Å². The van der Waals surface area contributed by atoms with Gasteiger partial charge in [0.2, 0.25) is 5.91 Å². The number of hydrogen-bond donors (Lipinski definition) is 1. The van der Waals surface area contributed by atoms with Gasteiger partial charge in [0, 0.05) is 29.2 Å². The van der Waals surface area contributed by atoms with E-state index in [1.54, 1.807) is 23.9 Å². The summed E-state index contributed by atoms with van der Waals surface area (Å²) < 4.78 is 12.9. The maximum atomic E-state index is 12.9. The molecule has 1 saturated heterocycles. The van der Waals surface area contributed by atoms with E-state index < -0.39 is 0 Å². The first-order valence-electron chi connectivity index (χ1n) is 8.51. The Bertz CT molecular complexity index is 488. The SMILES string of the molecule is CCCN(C(=O)C(C)CSc1ccc(F)cc1)C1CCNCC1. The zero-order valence-corrected chi connectivity index (χ0v) is 14.9. The van der Waals surface area contributed by atoms with Crippen molar-refractivity contribution >= 4 is 17.7 Å². The Balaban J connectivity index is 1.90. The molecule has 2 rings (SSSR count). The van der Waals surface area contributed by atoms with Crippen LogP contribution in [0.1, 0.15) is 33.1 Å². The third kappa shape index (κ3) is 5.50. The normalized spacial score (nSPS) is 17.0. The first-order chi connectivity index (χ1) is 11.1. The van der Waals surface area contributed by atoms with Crippen molar-refractivity contribution in [2.45, 2.75) is 44.0 Å².